The van der Waals surface area contributed by atoms with Crippen LogP contribution >= 0.6 is 0 Å². The molecular weight excluding hydrogens is 354 g/mol. The molecule has 2 aromatic heterocycles. The number of H-pyrrole nitrogens is 2. The van der Waals surface area contributed by atoms with E-state index in [1.807, 2.05) is 53.4 Å². The van der Waals surface area contributed by atoms with Gasteiger partial charge >= 0.3 is 0 Å². The molecule has 0 saturated heterocycles. The molecule has 0 spiro atoms. The molecule has 1 aliphatic heterocycles. The topological polar surface area (TPSA) is 86.9 Å². The zero-order valence-electron chi connectivity index (χ0n) is 15.4. The standard InChI is InChI=1S/C21H19N5O2/c1-28-18-9-5-3-7-14(18)19-15-12-26(11-10-17(15)23-24-19)21(27)20-13-6-2-4-8-16(13)22-25-20/h2-9H,10-12H2,1H3,(H,22,25)(H,23,24). The summed E-state index contributed by atoms with van der Waals surface area (Å²) in [4.78, 5) is 15.0. The van der Waals surface area contributed by atoms with Crippen molar-refractivity contribution in [1.29, 1.82) is 0 Å². The highest BCUT2D eigenvalue weighted by atomic mass is 16.5. The molecule has 5 rings (SSSR count). The predicted octanol–water partition coefficient (Wildman–Crippen LogP) is 3.16. The summed E-state index contributed by atoms with van der Waals surface area (Å²) >= 11 is 0. The van der Waals surface area contributed by atoms with E-state index in [-0.39, 0.29) is 5.91 Å². The summed E-state index contributed by atoms with van der Waals surface area (Å²) in [6, 6.07) is 15.5. The number of amides is 1. The van der Waals surface area contributed by atoms with Crippen molar-refractivity contribution in [3.8, 4) is 17.0 Å². The third-order valence-corrected chi connectivity index (χ3v) is 5.26. The molecule has 2 N–H and O–H groups in total. The molecule has 1 aliphatic rings. The first kappa shape index (κ1) is 16.6. The summed E-state index contributed by atoms with van der Waals surface area (Å²) in [7, 11) is 1.65. The summed E-state index contributed by atoms with van der Waals surface area (Å²) in [6.45, 7) is 1.11. The van der Waals surface area contributed by atoms with E-state index in [4.69, 9.17) is 4.74 Å². The molecule has 140 valence electrons. The van der Waals surface area contributed by atoms with E-state index in [2.05, 4.69) is 20.4 Å². The van der Waals surface area contributed by atoms with Crippen molar-refractivity contribution in [2.75, 3.05) is 13.7 Å². The molecule has 0 radical (unpaired) electrons. The van der Waals surface area contributed by atoms with Gasteiger partial charge in [0.1, 0.15) is 11.4 Å². The van der Waals surface area contributed by atoms with Crippen LogP contribution in [0.1, 0.15) is 21.7 Å². The van der Waals surface area contributed by atoms with Crippen molar-refractivity contribution in [2.45, 2.75) is 13.0 Å². The molecule has 0 unspecified atom stereocenters. The highest BCUT2D eigenvalue weighted by Gasteiger charge is 2.29. The van der Waals surface area contributed by atoms with Gasteiger partial charge in [0, 0.05) is 35.2 Å². The predicted molar refractivity (Wildman–Crippen MR) is 105 cm³/mol. The Balaban J connectivity index is 1.50. The molecule has 4 aromatic rings. The van der Waals surface area contributed by atoms with Crippen LogP contribution in [0.15, 0.2) is 48.5 Å². The van der Waals surface area contributed by atoms with E-state index in [1.165, 1.54) is 0 Å². The van der Waals surface area contributed by atoms with Crippen LogP contribution in [0.2, 0.25) is 0 Å². The van der Waals surface area contributed by atoms with Gasteiger partial charge in [-0.2, -0.15) is 10.2 Å². The SMILES string of the molecule is COc1ccccc1-c1n[nH]c2c1CN(C(=O)c1n[nH]c3ccccc13)CC2. The summed E-state index contributed by atoms with van der Waals surface area (Å²) < 4.78 is 5.49. The highest BCUT2D eigenvalue weighted by molar-refractivity contribution is 6.04. The first-order valence-corrected chi connectivity index (χ1v) is 9.18. The van der Waals surface area contributed by atoms with Crippen LogP contribution in [0, 0.1) is 0 Å². The number of carbonyl (C=O) groups is 1. The lowest BCUT2D eigenvalue weighted by molar-refractivity contribution is 0.0730. The zero-order chi connectivity index (χ0) is 19.1. The maximum Gasteiger partial charge on any atom is 0.275 e. The first-order valence-electron chi connectivity index (χ1n) is 9.18. The van der Waals surface area contributed by atoms with E-state index in [0.29, 0.717) is 18.8 Å². The van der Waals surface area contributed by atoms with Gasteiger partial charge in [0.25, 0.3) is 5.91 Å². The lowest BCUT2D eigenvalue weighted by Crippen LogP contribution is -2.36. The minimum atomic E-state index is -0.0738. The number of fused-ring (bicyclic) bond motifs is 2. The number of aromatic amines is 2. The van der Waals surface area contributed by atoms with E-state index < -0.39 is 0 Å². The monoisotopic (exact) mass is 373 g/mol. The molecule has 3 heterocycles. The number of hydrogen-bond acceptors (Lipinski definition) is 4. The lowest BCUT2D eigenvalue weighted by Gasteiger charge is -2.26. The number of rotatable bonds is 3. The molecule has 7 heteroatoms. The second-order valence-corrected chi connectivity index (χ2v) is 6.82. The Morgan fingerprint density at radius 1 is 1.07 bits per heavy atom. The number of ether oxygens (including phenoxy) is 1. The fraction of sp³-hybridized carbons (Fsp3) is 0.190. The summed E-state index contributed by atoms with van der Waals surface area (Å²) in [5.74, 6) is 0.689. The van der Waals surface area contributed by atoms with Gasteiger partial charge in [-0.3, -0.25) is 15.0 Å². The second-order valence-electron chi connectivity index (χ2n) is 6.82. The van der Waals surface area contributed by atoms with Crippen molar-refractivity contribution < 1.29 is 9.53 Å². The number of hydrogen-bond donors (Lipinski definition) is 2. The van der Waals surface area contributed by atoms with Crippen LogP contribution in [0.4, 0.5) is 0 Å². The number of carbonyl (C=O) groups excluding carboxylic acids is 1. The maximum atomic E-state index is 13.2. The lowest BCUT2D eigenvalue weighted by atomic mass is 10.00. The van der Waals surface area contributed by atoms with Gasteiger partial charge in [0.15, 0.2) is 5.69 Å². The number of para-hydroxylation sites is 2. The Hall–Kier alpha value is -3.61. The fourth-order valence-corrected chi connectivity index (χ4v) is 3.81. The molecule has 0 atom stereocenters. The molecule has 0 fully saturated rings. The van der Waals surface area contributed by atoms with Gasteiger partial charge in [0.2, 0.25) is 0 Å². The van der Waals surface area contributed by atoms with Gasteiger partial charge in [-0.25, -0.2) is 0 Å². The minimum Gasteiger partial charge on any atom is -0.496 e. The Bertz CT molecular complexity index is 1180. The average Bonchev–Trinajstić information content (AvgIpc) is 3.37. The number of nitrogens with one attached hydrogen (secondary N) is 2. The fourth-order valence-electron chi connectivity index (χ4n) is 3.81. The Kier molecular flexibility index (Phi) is 3.86. The van der Waals surface area contributed by atoms with Gasteiger partial charge < -0.3 is 9.64 Å². The largest absolute Gasteiger partial charge is 0.496 e. The summed E-state index contributed by atoms with van der Waals surface area (Å²) in [5.41, 5.74) is 5.17. The van der Waals surface area contributed by atoms with Crippen molar-refractivity contribution in [1.82, 2.24) is 25.3 Å². The Morgan fingerprint density at radius 3 is 2.79 bits per heavy atom. The smallest absolute Gasteiger partial charge is 0.275 e. The molecule has 0 aliphatic carbocycles. The number of aromatic nitrogens is 4. The number of nitrogens with zero attached hydrogens (tertiary/aromatic N) is 3. The first-order chi connectivity index (χ1) is 13.8. The second kappa shape index (κ2) is 6.53. The quantitative estimate of drug-likeness (QED) is 0.577. The van der Waals surface area contributed by atoms with Crippen molar-refractivity contribution in [3.63, 3.8) is 0 Å². The molecule has 7 nitrogen and oxygen atoms in total. The van der Waals surface area contributed by atoms with Crippen molar-refractivity contribution >= 4 is 16.8 Å². The van der Waals surface area contributed by atoms with E-state index in [0.717, 1.165) is 45.6 Å². The van der Waals surface area contributed by atoms with Crippen LogP contribution in [0.5, 0.6) is 5.75 Å². The summed E-state index contributed by atoms with van der Waals surface area (Å²) in [6.07, 6.45) is 0.728. The minimum absolute atomic E-state index is 0.0738. The van der Waals surface area contributed by atoms with Gasteiger partial charge in [-0.15, -0.1) is 0 Å². The van der Waals surface area contributed by atoms with Crippen LogP contribution < -0.4 is 4.74 Å². The van der Waals surface area contributed by atoms with Gasteiger partial charge in [-0.05, 0) is 18.2 Å². The van der Waals surface area contributed by atoms with E-state index >= 15 is 0 Å². The average molecular weight is 373 g/mol. The maximum absolute atomic E-state index is 13.2. The molecule has 2 aromatic carbocycles. The van der Waals surface area contributed by atoms with Crippen molar-refractivity contribution in [2.24, 2.45) is 0 Å². The van der Waals surface area contributed by atoms with E-state index in [9.17, 15) is 4.79 Å². The highest BCUT2D eigenvalue weighted by Crippen LogP contribution is 2.34. The number of methoxy groups -OCH3 is 1. The molecule has 1 amide bonds. The number of benzene rings is 2. The zero-order valence-corrected chi connectivity index (χ0v) is 15.4. The molecule has 0 saturated carbocycles. The normalized spacial score (nSPS) is 13.5. The summed E-state index contributed by atoms with van der Waals surface area (Å²) in [5, 5.41) is 15.7. The van der Waals surface area contributed by atoms with Crippen LogP contribution in [-0.4, -0.2) is 44.9 Å². The van der Waals surface area contributed by atoms with Crippen LogP contribution in [0.25, 0.3) is 22.2 Å². The molecular formula is C21H19N5O2. The Morgan fingerprint density at radius 2 is 1.89 bits per heavy atom. The third-order valence-electron chi connectivity index (χ3n) is 5.26. The van der Waals surface area contributed by atoms with Gasteiger partial charge in [-0.1, -0.05) is 30.3 Å². The molecule has 0 bridgehead atoms. The van der Waals surface area contributed by atoms with Crippen molar-refractivity contribution in [3.05, 3.63) is 65.5 Å². The van der Waals surface area contributed by atoms with Crippen LogP contribution in [-0.2, 0) is 13.0 Å². The Labute approximate surface area is 161 Å². The molecule has 28 heavy (non-hydrogen) atoms. The van der Waals surface area contributed by atoms with E-state index in [1.54, 1.807) is 7.11 Å². The van der Waals surface area contributed by atoms with Gasteiger partial charge in [0.05, 0.1) is 19.2 Å². The third kappa shape index (κ3) is 2.55. The van der Waals surface area contributed by atoms with Crippen LogP contribution in [0.3, 0.4) is 0 Å².